The van der Waals surface area contributed by atoms with E-state index in [9.17, 15) is 4.79 Å². The summed E-state index contributed by atoms with van der Waals surface area (Å²) in [5.74, 6) is 2.52. The lowest BCUT2D eigenvalue weighted by atomic mass is 10.1. The molecule has 0 bridgehead atoms. The van der Waals surface area contributed by atoms with Crippen molar-refractivity contribution in [1.82, 2.24) is 5.32 Å². The zero-order valence-electron chi connectivity index (χ0n) is 14.1. The van der Waals surface area contributed by atoms with Crippen LogP contribution < -0.4 is 24.3 Å². The van der Waals surface area contributed by atoms with Crippen LogP contribution >= 0.6 is 0 Å². The van der Waals surface area contributed by atoms with E-state index in [4.69, 9.17) is 18.9 Å². The molecule has 0 saturated carbocycles. The van der Waals surface area contributed by atoms with Crippen molar-refractivity contribution in [2.45, 2.75) is 18.9 Å². The monoisotopic (exact) mass is 341 g/mol. The summed E-state index contributed by atoms with van der Waals surface area (Å²) in [6.45, 7) is 0.192. The molecule has 4 rings (SSSR count). The highest BCUT2D eigenvalue weighted by Crippen LogP contribution is 2.39. The van der Waals surface area contributed by atoms with Crippen molar-refractivity contribution in [2.75, 3.05) is 21.0 Å². The zero-order valence-corrected chi connectivity index (χ0v) is 14.1. The van der Waals surface area contributed by atoms with Crippen LogP contribution in [0.1, 0.15) is 33.9 Å². The van der Waals surface area contributed by atoms with Gasteiger partial charge in [0.05, 0.1) is 20.3 Å². The normalized spacial score (nSPS) is 17.1. The van der Waals surface area contributed by atoms with Crippen molar-refractivity contribution in [3.8, 4) is 23.0 Å². The third-order valence-corrected chi connectivity index (χ3v) is 4.66. The summed E-state index contributed by atoms with van der Waals surface area (Å²) >= 11 is 0. The second-order valence-corrected chi connectivity index (χ2v) is 6.04. The molecule has 1 unspecified atom stereocenters. The number of benzene rings is 2. The minimum absolute atomic E-state index is 0.0484. The number of hydrogen-bond acceptors (Lipinski definition) is 5. The molecule has 130 valence electrons. The van der Waals surface area contributed by atoms with Gasteiger partial charge in [0.25, 0.3) is 5.91 Å². The Morgan fingerprint density at radius 3 is 2.64 bits per heavy atom. The fourth-order valence-corrected chi connectivity index (χ4v) is 3.36. The van der Waals surface area contributed by atoms with E-state index in [2.05, 4.69) is 5.32 Å². The van der Waals surface area contributed by atoms with Crippen LogP contribution in [0.2, 0.25) is 0 Å². The van der Waals surface area contributed by atoms with E-state index in [0.717, 1.165) is 18.4 Å². The van der Waals surface area contributed by atoms with E-state index in [1.165, 1.54) is 5.56 Å². The average molecular weight is 341 g/mol. The summed E-state index contributed by atoms with van der Waals surface area (Å²) in [7, 11) is 3.23. The summed E-state index contributed by atoms with van der Waals surface area (Å²) in [5, 5.41) is 3.10. The quantitative estimate of drug-likeness (QED) is 0.926. The number of carbonyl (C=O) groups excluding carboxylic acids is 1. The second-order valence-electron chi connectivity index (χ2n) is 6.04. The van der Waals surface area contributed by atoms with Gasteiger partial charge in [0, 0.05) is 5.56 Å². The molecule has 6 heteroatoms. The Balaban J connectivity index is 1.56. The van der Waals surface area contributed by atoms with Gasteiger partial charge in [-0.15, -0.1) is 0 Å². The van der Waals surface area contributed by atoms with Gasteiger partial charge in [-0.3, -0.25) is 4.79 Å². The highest BCUT2D eigenvalue weighted by Gasteiger charge is 2.27. The van der Waals surface area contributed by atoms with Gasteiger partial charge in [0.2, 0.25) is 6.79 Å². The largest absolute Gasteiger partial charge is 0.493 e. The molecule has 0 spiro atoms. The van der Waals surface area contributed by atoms with Gasteiger partial charge in [-0.1, -0.05) is 0 Å². The average Bonchev–Trinajstić information content (AvgIpc) is 3.26. The van der Waals surface area contributed by atoms with Crippen molar-refractivity contribution in [1.29, 1.82) is 0 Å². The van der Waals surface area contributed by atoms with E-state index >= 15 is 0 Å². The zero-order chi connectivity index (χ0) is 17.4. The molecule has 6 nitrogen and oxygen atoms in total. The second kappa shape index (κ2) is 6.20. The predicted molar refractivity (Wildman–Crippen MR) is 90.6 cm³/mol. The highest BCUT2D eigenvalue weighted by atomic mass is 16.7. The molecular weight excluding hydrogens is 322 g/mol. The van der Waals surface area contributed by atoms with Gasteiger partial charge in [0.1, 0.15) is 0 Å². The number of rotatable bonds is 4. The molecule has 1 heterocycles. The highest BCUT2D eigenvalue weighted by molar-refractivity contribution is 5.95. The third kappa shape index (κ3) is 2.73. The van der Waals surface area contributed by atoms with Crippen LogP contribution in [0.4, 0.5) is 0 Å². The SMILES string of the molecule is COc1cc2c(cc1OC)C(NC(=O)c1ccc3c(c1)OCO3)CC2. The molecular formula is C19H19NO5. The maximum absolute atomic E-state index is 12.6. The first-order valence-electron chi connectivity index (χ1n) is 8.15. The molecule has 0 fully saturated rings. The summed E-state index contributed by atoms with van der Waals surface area (Å²) in [6.07, 6.45) is 1.74. The van der Waals surface area contributed by atoms with Crippen LogP contribution in [0, 0.1) is 0 Å². The molecule has 1 N–H and O–H groups in total. The maximum atomic E-state index is 12.6. The molecule has 1 amide bonds. The van der Waals surface area contributed by atoms with Crippen molar-refractivity contribution in [3.05, 3.63) is 47.0 Å². The number of fused-ring (bicyclic) bond motifs is 2. The molecule has 1 atom stereocenters. The minimum Gasteiger partial charge on any atom is -0.493 e. The van der Waals surface area contributed by atoms with Gasteiger partial charge in [-0.05, 0) is 54.3 Å². The molecule has 0 radical (unpaired) electrons. The third-order valence-electron chi connectivity index (χ3n) is 4.66. The topological polar surface area (TPSA) is 66.0 Å². The molecule has 0 aromatic heterocycles. The number of hydrogen-bond donors (Lipinski definition) is 1. The van der Waals surface area contributed by atoms with Crippen molar-refractivity contribution in [3.63, 3.8) is 0 Å². The molecule has 25 heavy (non-hydrogen) atoms. The fourth-order valence-electron chi connectivity index (χ4n) is 3.36. The fraction of sp³-hybridized carbons (Fsp3) is 0.316. The van der Waals surface area contributed by atoms with Crippen LogP contribution in [0.15, 0.2) is 30.3 Å². The smallest absolute Gasteiger partial charge is 0.251 e. The Kier molecular flexibility index (Phi) is 3.87. The van der Waals surface area contributed by atoms with E-state index in [0.29, 0.717) is 28.6 Å². The number of aryl methyl sites for hydroxylation is 1. The van der Waals surface area contributed by atoms with E-state index in [1.807, 2.05) is 12.1 Å². The summed E-state index contributed by atoms with van der Waals surface area (Å²) in [6, 6.07) is 9.10. The van der Waals surface area contributed by atoms with Gasteiger partial charge in [-0.2, -0.15) is 0 Å². The summed E-state index contributed by atoms with van der Waals surface area (Å²) in [5.41, 5.74) is 2.80. The van der Waals surface area contributed by atoms with Crippen LogP contribution in [0.5, 0.6) is 23.0 Å². The molecule has 2 aromatic rings. The number of amides is 1. The van der Waals surface area contributed by atoms with Crippen LogP contribution in [0.3, 0.4) is 0 Å². The lowest BCUT2D eigenvalue weighted by molar-refractivity contribution is 0.0936. The Labute approximate surface area is 145 Å². The first-order chi connectivity index (χ1) is 12.2. The Morgan fingerprint density at radius 2 is 1.84 bits per heavy atom. The van der Waals surface area contributed by atoms with E-state index < -0.39 is 0 Å². The van der Waals surface area contributed by atoms with Crippen molar-refractivity contribution in [2.24, 2.45) is 0 Å². The van der Waals surface area contributed by atoms with Gasteiger partial charge < -0.3 is 24.3 Å². The van der Waals surface area contributed by atoms with Crippen LogP contribution in [0.25, 0.3) is 0 Å². The number of ether oxygens (including phenoxy) is 4. The maximum Gasteiger partial charge on any atom is 0.251 e. The van der Waals surface area contributed by atoms with Gasteiger partial charge >= 0.3 is 0 Å². The number of carbonyl (C=O) groups is 1. The van der Waals surface area contributed by atoms with Crippen molar-refractivity contribution >= 4 is 5.91 Å². The molecule has 1 aliphatic heterocycles. The van der Waals surface area contributed by atoms with Crippen LogP contribution in [-0.4, -0.2) is 26.9 Å². The number of nitrogens with one attached hydrogen (secondary N) is 1. The molecule has 0 saturated heterocycles. The minimum atomic E-state index is -0.133. The van der Waals surface area contributed by atoms with E-state index in [-0.39, 0.29) is 18.7 Å². The lowest BCUT2D eigenvalue weighted by Crippen LogP contribution is -2.27. The summed E-state index contributed by atoms with van der Waals surface area (Å²) < 4.78 is 21.4. The predicted octanol–water partition coefficient (Wildman–Crippen LogP) is 2.85. The van der Waals surface area contributed by atoms with E-state index in [1.54, 1.807) is 32.4 Å². The Morgan fingerprint density at radius 1 is 1.08 bits per heavy atom. The van der Waals surface area contributed by atoms with Gasteiger partial charge in [0.15, 0.2) is 23.0 Å². The lowest BCUT2D eigenvalue weighted by Gasteiger charge is -2.16. The van der Waals surface area contributed by atoms with Crippen LogP contribution in [-0.2, 0) is 6.42 Å². The Hall–Kier alpha value is -2.89. The van der Waals surface area contributed by atoms with Gasteiger partial charge in [-0.25, -0.2) is 0 Å². The first-order valence-corrected chi connectivity index (χ1v) is 8.15. The Bertz CT molecular complexity index is 833. The molecule has 2 aromatic carbocycles. The van der Waals surface area contributed by atoms with Crippen molar-refractivity contribution < 1.29 is 23.7 Å². The first kappa shape index (κ1) is 15.6. The molecule has 1 aliphatic carbocycles. The summed E-state index contributed by atoms with van der Waals surface area (Å²) in [4.78, 5) is 12.6. The standard InChI is InChI=1S/C19H19NO5/c1-22-16-7-11-3-5-14(13(11)9-17(16)23-2)20-19(21)12-4-6-15-18(8-12)25-10-24-15/h4,6-9,14H,3,5,10H2,1-2H3,(H,20,21). The molecule has 2 aliphatic rings. The number of methoxy groups -OCH3 is 2.